The average molecular weight is 352 g/mol. The summed E-state index contributed by atoms with van der Waals surface area (Å²) in [5.74, 6) is 1.18. The van der Waals surface area contributed by atoms with Gasteiger partial charge in [0.15, 0.2) is 22.6 Å². The van der Waals surface area contributed by atoms with Crippen molar-refractivity contribution in [3.05, 3.63) is 27.3 Å². The fraction of sp³-hybridized carbons (Fsp3) is 0.500. The van der Waals surface area contributed by atoms with Crippen LogP contribution in [0.2, 0.25) is 0 Å². The molecule has 24 heavy (non-hydrogen) atoms. The highest BCUT2D eigenvalue weighted by Crippen LogP contribution is 2.34. The van der Waals surface area contributed by atoms with Gasteiger partial charge in [0.05, 0.1) is 10.9 Å². The third-order valence-electron chi connectivity index (χ3n) is 3.77. The maximum atomic E-state index is 12.8. The van der Waals surface area contributed by atoms with Gasteiger partial charge in [0.1, 0.15) is 0 Å². The molecule has 0 radical (unpaired) electrons. The molecule has 0 spiro atoms. The minimum atomic E-state index is -0.353. The number of H-pyrrole nitrogens is 1. The minimum Gasteiger partial charge on any atom is -0.454 e. The Labute approximate surface area is 144 Å². The van der Waals surface area contributed by atoms with Gasteiger partial charge in [0.2, 0.25) is 6.79 Å². The highest BCUT2D eigenvalue weighted by molar-refractivity contribution is 7.71. The molecule has 1 aromatic heterocycles. The van der Waals surface area contributed by atoms with Crippen LogP contribution in [-0.2, 0) is 16.0 Å². The van der Waals surface area contributed by atoms with E-state index >= 15 is 0 Å². The first-order valence-electron chi connectivity index (χ1n) is 7.93. The van der Waals surface area contributed by atoms with Gasteiger partial charge in [0, 0.05) is 32.2 Å². The van der Waals surface area contributed by atoms with Crippen molar-refractivity contribution < 1.29 is 18.9 Å². The summed E-state index contributed by atoms with van der Waals surface area (Å²) in [6, 6.07) is 3.42. The van der Waals surface area contributed by atoms with Crippen LogP contribution >= 0.6 is 12.2 Å². The zero-order valence-corrected chi connectivity index (χ0v) is 14.5. The molecule has 0 bridgehead atoms. The number of nitrogens with one attached hydrogen (secondary N) is 1. The number of rotatable bonds is 7. The second-order valence-corrected chi connectivity index (χ2v) is 5.65. The van der Waals surface area contributed by atoms with Crippen molar-refractivity contribution >= 4 is 23.1 Å². The smallest absolute Gasteiger partial charge is 0.262 e. The predicted molar refractivity (Wildman–Crippen MR) is 91.2 cm³/mol. The Balaban J connectivity index is 1.92. The third-order valence-corrected chi connectivity index (χ3v) is 4.09. The van der Waals surface area contributed by atoms with Crippen LogP contribution in [0.1, 0.15) is 20.3 Å². The first kappa shape index (κ1) is 16.9. The molecule has 3 rings (SSSR count). The normalized spacial score (nSPS) is 13.1. The molecule has 1 aliphatic heterocycles. The van der Waals surface area contributed by atoms with E-state index in [-0.39, 0.29) is 18.6 Å². The van der Waals surface area contributed by atoms with Crippen molar-refractivity contribution in [3.8, 4) is 11.5 Å². The Bertz CT molecular complexity index is 839. The summed E-state index contributed by atoms with van der Waals surface area (Å²) in [6.45, 7) is 5.47. The molecule has 0 aliphatic carbocycles. The van der Waals surface area contributed by atoms with E-state index in [1.54, 1.807) is 12.1 Å². The molecule has 0 fully saturated rings. The quantitative estimate of drug-likeness (QED) is 0.610. The summed E-state index contributed by atoms with van der Waals surface area (Å²) >= 11 is 5.33. The molecule has 0 atom stereocenters. The Hall–Kier alpha value is -1.90. The lowest BCUT2D eigenvalue weighted by Crippen LogP contribution is -2.26. The first-order valence-corrected chi connectivity index (χ1v) is 8.34. The van der Waals surface area contributed by atoms with Crippen LogP contribution in [0.25, 0.3) is 10.9 Å². The molecule has 7 nitrogen and oxygen atoms in total. The molecular weight excluding hydrogens is 332 g/mol. The second-order valence-electron chi connectivity index (χ2n) is 5.27. The standard InChI is InChI=1S/C16H20N2O5S/c1-3-20-14(21-4-2)5-6-18-15(19)10-7-12-13(23-9-22-12)8-11(10)17-16(18)24/h7-8,14H,3-6,9H2,1-2H3,(H,17,24). The van der Waals surface area contributed by atoms with E-state index in [4.69, 9.17) is 31.2 Å². The maximum Gasteiger partial charge on any atom is 0.262 e. The zero-order chi connectivity index (χ0) is 17.1. The Morgan fingerprint density at radius 2 is 1.92 bits per heavy atom. The van der Waals surface area contributed by atoms with E-state index in [2.05, 4.69) is 4.98 Å². The van der Waals surface area contributed by atoms with Crippen LogP contribution in [-0.4, -0.2) is 35.8 Å². The monoisotopic (exact) mass is 352 g/mol. The highest BCUT2D eigenvalue weighted by atomic mass is 32.1. The number of hydrogen-bond acceptors (Lipinski definition) is 6. The molecular formula is C16H20N2O5S. The molecule has 2 heterocycles. The summed E-state index contributed by atoms with van der Waals surface area (Å²) in [6.07, 6.45) is 0.184. The van der Waals surface area contributed by atoms with E-state index in [1.165, 1.54) is 4.57 Å². The number of benzene rings is 1. The summed E-state index contributed by atoms with van der Waals surface area (Å²) in [7, 11) is 0. The number of nitrogens with zero attached hydrogens (tertiary/aromatic N) is 1. The van der Waals surface area contributed by atoms with Crippen molar-refractivity contribution in [1.29, 1.82) is 0 Å². The van der Waals surface area contributed by atoms with Gasteiger partial charge in [0.25, 0.3) is 5.56 Å². The molecule has 1 aliphatic rings. The molecule has 130 valence electrons. The van der Waals surface area contributed by atoms with Crippen LogP contribution in [0, 0.1) is 4.77 Å². The number of fused-ring (bicyclic) bond motifs is 2. The molecule has 1 aromatic carbocycles. The lowest BCUT2D eigenvalue weighted by atomic mass is 10.2. The van der Waals surface area contributed by atoms with Crippen molar-refractivity contribution in [2.24, 2.45) is 0 Å². The van der Waals surface area contributed by atoms with Gasteiger partial charge in [-0.25, -0.2) is 0 Å². The average Bonchev–Trinajstić information content (AvgIpc) is 3.00. The summed E-state index contributed by atoms with van der Waals surface area (Å²) in [5.41, 5.74) is 0.468. The van der Waals surface area contributed by atoms with Gasteiger partial charge in [-0.05, 0) is 32.1 Å². The summed E-state index contributed by atoms with van der Waals surface area (Å²) in [5, 5.41) is 0.511. The van der Waals surface area contributed by atoms with Crippen molar-refractivity contribution in [2.45, 2.75) is 33.1 Å². The van der Waals surface area contributed by atoms with E-state index in [1.807, 2.05) is 13.8 Å². The van der Waals surface area contributed by atoms with Gasteiger partial charge < -0.3 is 23.9 Å². The van der Waals surface area contributed by atoms with E-state index in [0.29, 0.717) is 53.4 Å². The van der Waals surface area contributed by atoms with Crippen molar-refractivity contribution in [1.82, 2.24) is 9.55 Å². The first-order chi connectivity index (χ1) is 11.6. The molecule has 0 saturated carbocycles. The Morgan fingerprint density at radius 1 is 1.25 bits per heavy atom. The van der Waals surface area contributed by atoms with E-state index in [9.17, 15) is 4.79 Å². The number of ether oxygens (including phenoxy) is 4. The fourth-order valence-corrected chi connectivity index (χ4v) is 2.95. The number of aromatic nitrogens is 2. The van der Waals surface area contributed by atoms with Gasteiger partial charge in [-0.2, -0.15) is 0 Å². The van der Waals surface area contributed by atoms with Gasteiger partial charge >= 0.3 is 0 Å². The van der Waals surface area contributed by atoms with Gasteiger partial charge in [-0.15, -0.1) is 0 Å². The lowest BCUT2D eigenvalue weighted by molar-refractivity contribution is -0.141. The van der Waals surface area contributed by atoms with E-state index in [0.717, 1.165) is 0 Å². The van der Waals surface area contributed by atoms with Crippen LogP contribution in [0.15, 0.2) is 16.9 Å². The second kappa shape index (κ2) is 7.33. The zero-order valence-electron chi connectivity index (χ0n) is 13.7. The maximum absolute atomic E-state index is 12.8. The topological polar surface area (TPSA) is 74.7 Å². The van der Waals surface area contributed by atoms with Gasteiger partial charge in [-0.1, -0.05) is 0 Å². The Kier molecular flexibility index (Phi) is 5.17. The third kappa shape index (κ3) is 3.31. The fourth-order valence-electron chi connectivity index (χ4n) is 2.67. The lowest BCUT2D eigenvalue weighted by Gasteiger charge is -2.17. The van der Waals surface area contributed by atoms with Crippen LogP contribution in [0.3, 0.4) is 0 Å². The molecule has 1 N–H and O–H groups in total. The van der Waals surface area contributed by atoms with E-state index < -0.39 is 0 Å². The molecule has 0 amide bonds. The highest BCUT2D eigenvalue weighted by Gasteiger charge is 2.17. The predicted octanol–water partition coefficient (Wildman–Crippen LogP) is 2.58. The SMILES string of the molecule is CCOC(CCn1c(=S)[nH]c2cc3c(cc2c1=O)OCO3)OCC. The van der Waals surface area contributed by atoms with Crippen LogP contribution in [0.5, 0.6) is 11.5 Å². The van der Waals surface area contributed by atoms with Crippen molar-refractivity contribution in [3.63, 3.8) is 0 Å². The largest absolute Gasteiger partial charge is 0.454 e. The van der Waals surface area contributed by atoms with Crippen LogP contribution < -0.4 is 15.0 Å². The molecule has 0 saturated heterocycles. The minimum absolute atomic E-state index is 0.158. The Morgan fingerprint density at radius 3 is 2.58 bits per heavy atom. The molecule has 2 aromatic rings. The van der Waals surface area contributed by atoms with Gasteiger partial charge in [-0.3, -0.25) is 9.36 Å². The molecule has 0 unspecified atom stereocenters. The number of hydrogen-bond donors (Lipinski definition) is 1. The van der Waals surface area contributed by atoms with Crippen molar-refractivity contribution in [2.75, 3.05) is 20.0 Å². The summed E-state index contributed by atoms with van der Waals surface area (Å²) < 4.78 is 23.6. The molecule has 8 heteroatoms. The number of aromatic amines is 1. The van der Waals surface area contributed by atoms with Crippen LogP contribution in [0.4, 0.5) is 0 Å². The summed E-state index contributed by atoms with van der Waals surface area (Å²) in [4.78, 5) is 15.9.